The van der Waals surface area contributed by atoms with Crippen LogP contribution in [0.5, 0.6) is 11.5 Å². The quantitative estimate of drug-likeness (QED) is 0.796. The topological polar surface area (TPSA) is 58.6 Å². The Morgan fingerprint density at radius 3 is 2.28 bits per heavy atom. The highest BCUT2D eigenvalue weighted by atomic mass is 79.9. The standard InChI is InChI=1S/C12H14N2O2S.BrH/c1-7-4-10(15-2)11(16-3)5-8(7)9-6-17-12(13)14-9;/h4-6H,1-3H3,(H2,13,14);1H. The van der Waals surface area contributed by atoms with Crippen molar-refractivity contribution in [2.75, 3.05) is 20.0 Å². The first-order valence-corrected chi connectivity index (χ1v) is 6.03. The van der Waals surface area contributed by atoms with Gasteiger partial charge >= 0.3 is 5.13 Å². The highest BCUT2D eigenvalue weighted by Gasteiger charge is 2.14. The lowest BCUT2D eigenvalue weighted by atomic mass is 10.1. The molecule has 0 bridgehead atoms. The minimum Gasteiger partial charge on any atom is -1.00 e. The number of anilines is 1. The summed E-state index contributed by atoms with van der Waals surface area (Å²) in [6.07, 6.45) is 0. The number of rotatable bonds is 3. The number of H-pyrrole nitrogens is 1. The first-order valence-electron chi connectivity index (χ1n) is 5.15. The minimum atomic E-state index is 0. The molecule has 0 radical (unpaired) electrons. The van der Waals surface area contributed by atoms with Gasteiger partial charge in [-0.15, -0.1) is 0 Å². The van der Waals surface area contributed by atoms with Gasteiger partial charge in [0.15, 0.2) is 11.5 Å². The Balaban J connectivity index is 0.00000162. The zero-order valence-corrected chi connectivity index (χ0v) is 12.8. The molecular weight excluding hydrogens is 316 g/mol. The van der Waals surface area contributed by atoms with E-state index < -0.39 is 0 Å². The van der Waals surface area contributed by atoms with Crippen LogP contribution >= 0.6 is 11.3 Å². The van der Waals surface area contributed by atoms with Crippen molar-refractivity contribution in [3.63, 3.8) is 0 Å². The number of halogens is 1. The number of ether oxygens (including phenoxy) is 2. The fourth-order valence-electron chi connectivity index (χ4n) is 1.72. The second kappa shape index (κ2) is 6.06. The molecule has 0 saturated carbocycles. The molecule has 0 spiro atoms. The summed E-state index contributed by atoms with van der Waals surface area (Å²) in [6.45, 7) is 2.03. The van der Waals surface area contributed by atoms with Crippen LogP contribution in [0.25, 0.3) is 11.3 Å². The van der Waals surface area contributed by atoms with Gasteiger partial charge in [-0.1, -0.05) is 11.3 Å². The molecule has 18 heavy (non-hydrogen) atoms. The number of nitrogens with one attached hydrogen (secondary N) is 1. The minimum absolute atomic E-state index is 0. The van der Waals surface area contributed by atoms with E-state index in [-0.39, 0.29) is 17.0 Å². The Morgan fingerprint density at radius 1 is 1.17 bits per heavy atom. The summed E-state index contributed by atoms with van der Waals surface area (Å²) in [5.74, 6) is 1.45. The third-order valence-corrected chi connectivity index (χ3v) is 3.29. The summed E-state index contributed by atoms with van der Waals surface area (Å²) < 4.78 is 10.5. The van der Waals surface area contributed by atoms with E-state index in [0.717, 1.165) is 22.6 Å². The van der Waals surface area contributed by atoms with Gasteiger partial charge in [0.25, 0.3) is 0 Å². The molecule has 4 nitrogen and oxygen atoms in total. The van der Waals surface area contributed by atoms with Gasteiger partial charge in [0.2, 0.25) is 0 Å². The lowest BCUT2D eigenvalue weighted by molar-refractivity contribution is -0.340. The Morgan fingerprint density at radius 2 is 1.78 bits per heavy atom. The Hall–Kier alpha value is -1.27. The van der Waals surface area contributed by atoms with E-state index in [2.05, 4.69) is 4.98 Å². The van der Waals surface area contributed by atoms with E-state index in [1.807, 2.05) is 24.4 Å². The molecular formula is C12H15BrN2O2S. The van der Waals surface area contributed by atoms with E-state index >= 15 is 0 Å². The number of hydrogen-bond donors (Lipinski definition) is 1. The maximum atomic E-state index is 5.70. The molecule has 0 unspecified atom stereocenters. The van der Waals surface area contributed by atoms with Crippen molar-refractivity contribution < 1.29 is 31.4 Å². The summed E-state index contributed by atoms with van der Waals surface area (Å²) in [5, 5.41) is 2.68. The monoisotopic (exact) mass is 330 g/mol. The van der Waals surface area contributed by atoms with Gasteiger partial charge in [-0.25, -0.2) is 4.98 Å². The number of nitrogens with two attached hydrogens (primary N) is 1. The van der Waals surface area contributed by atoms with Crippen LogP contribution in [0.15, 0.2) is 17.5 Å². The van der Waals surface area contributed by atoms with Crippen molar-refractivity contribution in [1.29, 1.82) is 0 Å². The Bertz CT molecular complexity index is 543. The van der Waals surface area contributed by atoms with E-state index in [9.17, 15) is 0 Å². The van der Waals surface area contributed by atoms with E-state index in [0.29, 0.717) is 10.9 Å². The second-order valence-electron chi connectivity index (χ2n) is 3.66. The lowest BCUT2D eigenvalue weighted by Crippen LogP contribution is -3.00. The number of aryl methyl sites for hydroxylation is 1. The van der Waals surface area contributed by atoms with Crippen LogP contribution in [-0.4, -0.2) is 14.2 Å². The van der Waals surface area contributed by atoms with Gasteiger partial charge in [-0.3, -0.25) is 5.73 Å². The fourth-order valence-corrected chi connectivity index (χ4v) is 2.32. The molecule has 98 valence electrons. The molecule has 0 amide bonds. The van der Waals surface area contributed by atoms with Gasteiger partial charge in [0, 0.05) is 10.9 Å². The molecule has 2 rings (SSSR count). The molecule has 0 aliphatic carbocycles. The molecule has 6 heteroatoms. The third-order valence-electron chi connectivity index (χ3n) is 2.58. The largest absolute Gasteiger partial charge is 1.00 e. The summed E-state index contributed by atoms with van der Waals surface area (Å²) in [4.78, 5) is 3.12. The first-order chi connectivity index (χ1) is 8.15. The van der Waals surface area contributed by atoms with Crippen LogP contribution in [0.3, 0.4) is 0 Å². The maximum absolute atomic E-state index is 5.70. The highest BCUT2D eigenvalue weighted by molar-refractivity contribution is 7.13. The summed E-state index contributed by atoms with van der Waals surface area (Å²) in [6, 6.07) is 3.90. The predicted molar refractivity (Wildman–Crippen MR) is 68.6 cm³/mol. The normalized spacial score (nSPS) is 9.72. The molecule has 0 atom stereocenters. The van der Waals surface area contributed by atoms with E-state index in [1.54, 1.807) is 14.2 Å². The number of methoxy groups -OCH3 is 2. The number of aromatic amines is 1. The predicted octanol–water partition coefficient (Wildman–Crippen LogP) is -0.859. The number of aromatic nitrogens is 1. The average Bonchev–Trinajstić information content (AvgIpc) is 2.75. The molecule has 1 aromatic heterocycles. The summed E-state index contributed by atoms with van der Waals surface area (Å²) >= 11 is 1.48. The first kappa shape index (κ1) is 14.8. The number of hydrogen-bond acceptors (Lipinski definition) is 4. The zero-order chi connectivity index (χ0) is 12.4. The van der Waals surface area contributed by atoms with E-state index in [4.69, 9.17) is 15.2 Å². The van der Waals surface area contributed by atoms with Crippen molar-refractivity contribution in [1.82, 2.24) is 0 Å². The Kier molecular flexibility index (Phi) is 4.98. The van der Waals surface area contributed by atoms with Gasteiger partial charge in [0.1, 0.15) is 5.69 Å². The second-order valence-corrected chi connectivity index (χ2v) is 4.57. The molecule has 0 aliphatic heterocycles. The van der Waals surface area contributed by atoms with Crippen LogP contribution in [0.4, 0.5) is 5.13 Å². The molecule has 1 heterocycles. The van der Waals surface area contributed by atoms with Crippen molar-refractivity contribution >= 4 is 16.5 Å². The Labute approximate surface area is 121 Å². The highest BCUT2D eigenvalue weighted by Crippen LogP contribution is 2.34. The van der Waals surface area contributed by atoms with Crippen molar-refractivity contribution in [2.24, 2.45) is 0 Å². The van der Waals surface area contributed by atoms with Gasteiger partial charge in [0.05, 0.1) is 14.2 Å². The SMILES string of the molecule is COc1cc(C)c(-c2csc(N)[nH+]2)cc1OC.[Br-]. The van der Waals surface area contributed by atoms with Crippen molar-refractivity contribution in [2.45, 2.75) is 6.92 Å². The van der Waals surface area contributed by atoms with Gasteiger partial charge in [-0.2, -0.15) is 0 Å². The molecule has 0 fully saturated rings. The maximum Gasteiger partial charge on any atom is 0.329 e. The molecule has 0 saturated heterocycles. The van der Waals surface area contributed by atoms with Crippen LogP contribution < -0.4 is 37.2 Å². The third kappa shape index (κ3) is 2.76. The zero-order valence-electron chi connectivity index (χ0n) is 10.4. The van der Waals surface area contributed by atoms with Crippen LogP contribution in [-0.2, 0) is 0 Å². The molecule has 2 aromatic rings. The van der Waals surface area contributed by atoms with E-state index in [1.165, 1.54) is 11.3 Å². The van der Waals surface area contributed by atoms with Gasteiger partial charge < -0.3 is 26.5 Å². The van der Waals surface area contributed by atoms with Crippen LogP contribution in [0.2, 0.25) is 0 Å². The van der Waals surface area contributed by atoms with Gasteiger partial charge in [-0.05, 0) is 24.6 Å². The number of nitrogen functional groups attached to an aromatic ring is 1. The fraction of sp³-hybridized carbons (Fsp3) is 0.250. The smallest absolute Gasteiger partial charge is 0.329 e. The molecule has 3 N–H and O–H groups in total. The molecule has 1 aromatic carbocycles. The van der Waals surface area contributed by atoms with Crippen LogP contribution in [0.1, 0.15) is 5.56 Å². The summed E-state index contributed by atoms with van der Waals surface area (Å²) in [7, 11) is 3.26. The average molecular weight is 331 g/mol. The number of thiazole rings is 1. The van der Waals surface area contributed by atoms with Crippen molar-refractivity contribution in [3.8, 4) is 22.8 Å². The number of benzene rings is 1. The molecule has 0 aliphatic rings. The summed E-state index contributed by atoms with van der Waals surface area (Å²) in [5.41, 5.74) is 8.86. The lowest BCUT2D eigenvalue weighted by Gasteiger charge is -2.10. The van der Waals surface area contributed by atoms with Crippen molar-refractivity contribution in [3.05, 3.63) is 23.1 Å². The van der Waals surface area contributed by atoms with Crippen LogP contribution in [0, 0.1) is 6.92 Å².